The van der Waals surface area contributed by atoms with Crippen molar-refractivity contribution in [1.82, 2.24) is 0 Å². The smallest absolute Gasteiger partial charge is 0.393 e. The molecule has 0 N–H and O–H groups in total. The quantitative estimate of drug-likeness (QED) is 0.110. The number of benzene rings is 1. The summed E-state index contributed by atoms with van der Waals surface area (Å²) in [6.45, 7) is 0. The second-order valence-electron chi connectivity index (χ2n) is 12.9. The van der Waals surface area contributed by atoms with Crippen LogP contribution in [-0.4, -0.2) is 42.0 Å². The third kappa shape index (κ3) is 11.8. The fourth-order valence-electron chi connectivity index (χ4n) is 6.70. The minimum Gasteiger partial charge on any atom is -0.393 e. The van der Waals surface area contributed by atoms with Gasteiger partial charge in [-0.05, 0) is 74.8 Å². The lowest BCUT2D eigenvalue weighted by molar-refractivity contribution is -0.163. The predicted octanol–water partition coefficient (Wildman–Crippen LogP) is 6.86. The summed E-state index contributed by atoms with van der Waals surface area (Å²) in [7, 11) is -4.59. The molecule has 11 nitrogen and oxygen atoms in total. The van der Waals surface area contributed by atoms with Crippen molar-refractivity contribution < 1.29 is 51.9 Å². The molecule has 252 valence electrons. The van der Waals surface area contributed by atoms with Gasteiger partial charge in [-0.15, -0.1) is 0 Å². The number of esters is 4. The Morgan fingerprint density at radius 3 is 1.57 bits per heavy atom. The number of ether oxygens (including phenoxy) is 2. The van der Waals surface area contributed by atoms with Crippen LogP contribution in [0.15, 0.2) is 30.3 Å². The Balaban J connectivity index is 1.47. The van der Waals surface area contributed by atoms with E-state index < -0.39 is 61.9 Å². The van der Waals surface area contributed by atoms with Gasteiger partial charge in [0.15, 0.2) is 0 Å². The highest BCUT2D eigenvalue weighted by molar-refractivity contribution is 7.55. The van der Waals surface area contributed by atoms with Gasteiger partial charge >= 0.3 is 43.4 Å². The molecular weight excluding hydrogens is 615 g/mol. The molecule has 3 aliphatic rings. The SMILES string of the molecule is O=C(CCC(CP(=O)(OC(=O)CC1CCCC1)OC(=O)CC1CCCC1)C(=O)OC(=O)CC1CCCC1)OC(=O)c1ccccc1. The van der Waals surface area contributed by atoms with Gasteiger partial charge in [0.2, 0.25) is 0 Å². The third-order valence-corrected chi connectivity index (χ3v) is 11.0. The Morgan fingerprint density at radius 2 is 1.09 bits per heavy atom. The molecule has 0 saturated heterocycles. The molecule has 0 aliphatic heterocycles. The molecule has 1 aromatic rings. The van der Waals surface area contributed by atoms with E-state index in [2.05, 4.69) is 0 Å². The Bertz CT molecular complexity index is 1240. The minimum atomic E-state index is -4.59. The van der Waals surface area contributed by atoms with Crippen LogP contribution in [0.1, 0.15) is 120 Å². The second-order valence-corrected chi connectivity index (χ2v) is 14.9. The topological polar surface area (TPSA) is 156 Å². The van der Waals surface area contributed by atoms with Crippen LogP contribution in [0.4, 0.5) is 0 Å². The molecule has 3 aliphatic carbocycles. The monoisotopic (exact) mass is 660 g/mol. The average Bonchev–Trinajstić information content (AvgIpc) is 3.81. The molecule has 0 bridgehead atoms. The Hall–Kier alpha value is -3.33. The maximum Gasteiger partial charge on any atom is 0.435 e. The predicted molar refractivity (Wildman–Crippen MR) is 165 cm³/mol. The van der Waals surface area contributed by atoms with Gasteiger partial charge in [0.1, 0.15) is 0 Å². The maximum atomic E-state index is 14.1. The number of carbonyl (C=O) groups excluding carboxylic acids is 6. The van der Waals surface area contributed by atoms with Gasteiger partial charge in [0.05, 0.1) is 17.6 Å². The fraction of sp³-hybridized carbons (Fsp3) is 0.647. The molecular formula is C34H45O11P. The standard InChI is InChI=1S/C34H45O11P/c35-29(42-33(39)27-16-2-1-3-17-27)19-18-28(34(40)43-30(36)20-24-10-4-5-11-24)23-46(41,44-31(37)21-25-12-6-7-13-25)45-32(38)22-26-14-8-9-15-26/h1-3,16-17,24-26,28H,4-15,18-23H2. The Morgan fingerprint density at radius 1 is 0.630 bits per heavy atom. The van der Waals surface area contributed by atoms with Crippen LogP contribution in [0.25, 0.3) is 0 Å². The highest BCUT2D eigenvalue weighted by Crippen LogP contribution is 2.52. The maximum absolute atomic E-state index is 14.1. The molecule has 0 heterocycles. The number of carbonyl (C=O) groups is 6. The molecule has 0 aromatic heterocycles. The van der Waals surface area contributed by atoms with E-state index in [0.29, 0.717) is 0 Å². The van der Waals surface area contributed by atoms with Crippen LogP contribution in [-0.2, 0) is 47.1 Å². The van der Waals surface area contributed by atoms with E-state index in [-0.39, 0.29) is 49.0 Å². The van der Waals surface area contributed by atoms with Gasteiger partial charge in [-0.1, -0.05) is 56.7 Å². The van der Waals surface area contributed by atoms with Crippen LogP contribution in [0.2, 0.25) is 0 Å². The van der Waals surface area contributed by atoms with Gasteiger partial charge in [0.25, 0.3) is 0 Å². The highest BCUT2D eigenvalue weighted by atomic mass is 31.2. The van der Waals surface area contributed by atoms with Crippen LogP contribution < -0.4 is 0 Å². The van der Waals surface area contributed by atoms with Crippen molar-refractivity contribution >= 4 is 43.4 Å². The van der Waals surface area contributed by atoms with E-state index >= 15 is 0 Å². The Kier molecular flexibility index (Phi) is 13.6. The summed E-state index contributed by atoms with van der Waals surface area (Å²) in [4.78, 5) is 76.8. The molecule has 3 saturated carbocycles. The summed E-state index contributed by atoms with van der Waals surface area (Å²) in [6.07, 6.45) is 9.24. The Labute approximate surface area is 270 Å². The van der Waals surface area contributed by atoms with Crippen LogP contribution >= 0.6 is 7.60 Å². The lowest BCUT2D eigenvalue weighted by Gasteiger charge is -2.23. The van der Waals surface area contributed by atoms with Gasteiger partial charge in [-0.2, -0.15) is 0 Å². The average molecular weight is 661 g/mol. The molecule has 12 heteroatoms. The van der Waals surface area contributed by atoms with E-state index in [9.17, 15) is 33.3 Å². The largest absolute Gasteiger partial charge is 0.435 e. The van der Waals surface area contributed by atoms with E-state index in [1.807, 2.05) is 0 Å². The zero-order chi connectivity index (χ0) is 32.9. The first-order chi connectivity index (χ1) is 22.1. The first-order valence-corrected chi connectivity index (χ1v) is 18.4. The fourth-order valence-corrected chi connectivity index (χ4v) is 8.53. The molecule has 46 heavy (non-hydrogen) atoms. The van der Waals surface area contributed by atoms with Gasteiger partial charge in [-0.25, -0.2) is 9.36 Å². The molecule has 1 atom stereocenters. The lowest BCUT2D eigenvalue weighted by Crippen LogP contribution is -2.28. The normalized spacial score (nSPS) is 18.2. The van der Waals surface area contributed by atoms with Gasteiger partial charge in [0, 0.05) is 25.7 Å². The molecule has 3 fully saturated rings. The van der Waals surface area contributed by atoms with Crippen molar-refractivity contribution in [2.45, 2.75) is 109 Å². The minimum absolute atomic E-state index is 0.00687. The van der Waals surface area contributed by atoms with E-state index in [1.165, 1.54) is 12.1 Å². The molecule has 1 aromatic carbocycles. The van der Waals surface area contributed by atoms with Crippen molar-refractivity contribution in [3.63, 3.8) is 0 Å². The molecule has 0 amide bonds. The first kappa shape index (κ1) is 35.5. The number of hydrogen-bond donors (Lipinski definition) is 0. The zero-order valence-electron chi connectivity index (χ0n) is 26.4. The lowest BCUT2D eigenvalue weighted by atomic mass is 10.0. The first-order valence-electron chi connectivity index (χ1n) is 16.7. The summed E-state index contributed by atoms with van der Waals surface area (Å²) in [5.74, 6) is -6.52. The molecule has 1 unspecified atom stereocenters. The third-order valence-electron chi connectivity index (χ3n) is 9.18. The van der Waals surface area contributed by atoms with Gasteiger partial charge < -0.3 is 18.5 Å². The summed E-state index contributed by atoms with van der Waals surface area (Å²) in [6, 6.07) is 7.86. The number of hydrogen-bond acceptors (Lipinski definition) is 11. The molecule has 0 radical (unpaired) electrons. The van der Waals surface area contributed by atoms with Crippen molar-refractivity contribution in [3.05, 3.63) is 35.9 Å². The van der Waals surface area contributed by atoms with E-state index in [4.69, 9.17) is 18.5 Å². The summed E-state index contributed by atoms with van der Waals surface area (Å²) >= 11 is 0. The summed E-state index contributed by atoms with van der Waals surface area (Å²) < 4.78 is 34.9. The number of rotatable bonds is 15. The molecule has 0 spiro atoms. The summed E-state index contributed by atoms with van der Waals surface area (Å²) in [5, 5.41) is 0. The van der Waals surface area contributed by atoms with Crippen LogP contribution in [0.5, 0.6) is 0 Å². The van der Waals surface area contributed by atoms with Crippen molar-refractivity contribution in [3.8, 4) is 0 Å². The van der Waals surface area contributed by atoms with E-state index in [1.54, 1.807) is 18.2 Å². The summed E-state index contributed by atoms with van der Waals surface area (Å²) in [5.41, 5.74) is 0.150. The zero-order valence-corrected chi connectivity index (χ0v) is 27.3. The highest BCUT2D eigenvalue weighted by Gasteiger charge is 2.41. The van der Waals surface area contributed by atoms with Crippen LogP contribution in [0.3, 0.4) is 0 Å². The van der Waals surface area contributed by atoms with Crippen molar-refractivity contribution in [1.29, 1.82) is 0 Å². The van der Waals surface area contributed by atoms with Crippen molar-refractivity contribution in [2.24, 2.45) is 23.7 Å². The van der Waals surface area contributed by atoms with Gasteiger partial charge in [-0.3, -0.25) is 24.0 Å². The second kappa shape index (κ2) is 17.5. The molecule has 4 rings (SSSR count). The van der Waals surface area contributed by atoms with E-state index in [0.717, 1.165) is 77.0 Å². The van der Waals surface area contributed by atoms with Crippen LogP contribution in [0, 0.1) is 23.7 Å². The van der Waals surface area contributed by atoms with Crippen molar-refractivity contribution in [2.75, 3.05) is 6.16 Å².